The van der Waals surface area contributed by atoms with Gasteiger partial charge in [0, 0.05) is 8.35 Å². The van der Waals surface area contributed by atoms with Gasteiger partial charge in [-0.25, -0.2) is 0 Å². The van der Waals surface area contributed by atoms with Crippen LogP contribution in [0, 0.1) is 5.95 Å². The third-order valence-corrected chi connectivity index (χ3v) is 1.15. The van der Waals surface area contributed by atoms with Crippen molar-refractivity contribution < 1.29 is 9.09 Å². The number of nitrogens with zero attached hydrogens (tertiary/aromatic N) is 1. The Morgan fingerprint density at radius 1 is 1.62 bits per heavy atom. The topological polar surface area (TPSA) is 12.9 Å². The molecule has 1 aromatic rings. The predicted octanol–water partition coefficient (Wildman–Crippen LogP) is 1.95. The second-order valence-corrected chi connectivity index (χ2v) is 1.78. The quantitative estimate of drug-likeness (QED) is 0.529. The van der Waals surface area contributed by atoms with E-state index in [1.807, 2.05) is 0 Å². The van der Waals surface area contributed by atoms with Crippen LogP contribution in [0.25, 0.3) is 0 Å². The normalized spacial score (nSPS) is 8.62. The van der Waals surface area contributed by atoms with E-state index in [2.05, 4.69) is 4.75 Å². The summed E-state index contributed by atoms with van der Waals surface area (Å²) < 4.78 is 15.2. The van der Waals surface area contributed by atoms with Crippen molar-refractivity contribution in [3.8, 4) is 0 Å². The van der Waals surface area contributed by atoms with Gasteiger partial charge < -0.3 is 0 Å². The Morgan fingerprint density at radius 3 is 2.62 bits per heavy atom. The van der Waals surface area contributed by atoms with E-state index < -0.39 is 0 Å². The minimum atomic E-state index is -0.385. The second kappa shape index (κ2) is 3.44. The summed E-state index contributed by atoms with van der Waals surface area (Å²) >= 11 is 0. The lowest BCUT2D eigenvalue weighted by Gasteiger charge is -1.76. The van der Waals surface area contributed by atoms with E-state index >= 15 is 0 Å². The van der Waals surface area contributed by atoms with Crippen LogP contribution in [-0.4, -0.2) is 4.75 Å². The molecule has 0 N–H and O–H groups in total. The second-order valence-electron chi connectivity index (χ2n) is 1.05. The van der Waals surface area contributed by atoms with Crippen LogP contribution in [0.1, 0.15) is 0 Å². The van der Waals surface area contributed by atoms with Crippen LogP contribution in [-0.2, 0) is 0 Å². The third-order valence-electron chi connectivity index (χ3n) is 0.540. The molecule has 0 bridgehead atoms. The molecule has 0 aliphatic rings. The van der Waals surface area contributed by atoms with Crippen LogP contribution in [0.5, 0.6) is 0 Å². The molecule has 1 rings (SSSR count). The fraction of sp³-hybridized carbons (Fsp3) is 0. The summed E-state index contributed by atoms with van der Waals surface area (Å²) in [4.78, 5) is 0. The van der Waals surface area contributed by atoms with Crippen LogP contribution in [0.15, 0.2) is 17.9 Å². The molecule has 0 aliphatic heterocycles. The molecular weight excluding hydrogens is 131 g/mol. The predicted molar refractivity (Wildman–Crippen MR) is 29.2 cm³/mol. The molecule has 0 spiro atoms. The molecule has 1 aromatic heterocycles. The van der Waals surface area contributed by atoms with E-state index in [-0.39, 0.29) is 10.7 Å². The summed E-state index contributed by atoms with van der Waals surface area (Å²) in [5, 5.41) is 0. The van der Waals surface area contributed by atoms with Crippen molar-refractivity contribution in [1.29, 1.82) is 0 Å². The Labute approximate surface area is 47.1 Å². The fourth-order valence-corrected chi connectivity index (χ4v) is 0.689. The largest absolute Gasteiger partial charge is 0.269 e. The van der Waals surface area contributed by atoms with Gasteiger partial charge in [0.1, 0.15) is 0 Å². The van der Waals surface area contributed by atoms with Crippen molar-refractivity contribution in [3.63, 3.8) is 0 Å². The SMILES string of the molecule is F.Fc1cccpn1. The van der Waals surface area contributed by atoms with Gasteiger partial charge in [0.25, 0.3) is 0 Å². The lowest BCUT2D eigenvalue weighted by molar-refractivity contribution is 0.595. The smallest absolute Gasteiger partial charge is 0.216 e. The van der Waals surface area contributed by atoms with Crippen molar-refractivity contribution in [2.45, 2.75) is 0 Å². The van der Waals surface area contributed by atoms with Gasteiger partial charge in [0.2, 0.25) is 5.95 Å². The molecule has 0 fully saturated rings. The van der Waals surface area contributed by atoms with Gasteiger partial charge in [-0.2, -0.15) is 9.14 Å². The van der Waals surface area contributed by atoms with E-state index in [1.165, 1.54) is 6.07 Å². The van der Waals surface area contributed by atoms with E-state index in [4.69, 9.17) is 0 Å². The number of halogens is 2. The van der Waals surface area contributed by atoms with Crippen molar-refractivity contribution in [3.05, 3.63) is 23.9 Å². The van der Waals surface area contributed by atoms with Crippen molar-refractivity contribution in [2.75, 3.05) is 0 Å². The summed E-state index contributed by atoms with van der Waals surface area (Å²) in [5.41, 5.74) is 0. The number of hydrogen-bond donors (Lipinski definition) is 0. The van der Waals surface area contributed by atoms with Crippen LogP contribution in [0.2, 0.25) is 0 Å². The van der Waals surface area contributed by atoms with Gasteiger partial charge in [-0.15, -0.1) is 0 Å². The highest BCUT2D eigenvalue weighted by atomic mass is 31.0. The molecule has 8 heavy (non-hydrogen) atoms. The fourth-order valence-electron chi connectivity index (χ4n) is 0.283. The van der Waals surface area contributed by atoms with Gasteiger partial charge in [-0.05, 0) is 11.9 Å². The van der Waals surface area contributed by atoms with Crippen molar-refractivity contribution in [2.24, 2.45) is 0 Å². The van der Waals surface area contributed by atoms with Gasteiger partial charge in [0.15, 0.2) is 0 Å². The maximum absolute atomic E-state index is 11.8. The zero-order chi connectivity index (χ0) is 5.11. The zero-order valence-electron chi connectivity index (χ0n) is 3.91. The standard InChI is InChI=1S/C4H3FNP.FH/c5-4-2-1-3-7-6-4;/h1-3H;1H. The van der Waals surface area contributed by atoms with Crippen molar-refractivity contribution in [1.82, 2.24) is 4.75 Å². The Bertz CT molecular complexity index is 144. The molecular formula is C4H4F2NP. The Hall–Kier alpha value is -0.560. The van der Waals surface area contributed by atoms with Gasteiger partial charge in [-0.3, -0.25) is 4.70 Å². The average molecular weight is 135 g/mol. The first-order valence-corrected chi connectivity index (χ1v) is 2.74. The molecule has 4 heteroatoms. The molecule has 0 aromatic carbocycles. The molecule has 0 amide bonds. The van der Waals surface area contributed by atoms with Crippen LogP contribution in [0.3, 0.4) is 0 Å². The minimum absolute atomic E-state index is 0. The van der Waals surface area contributed by atoms with Crippen molar-refractivity contribution >= 4 is 8.35 Å². The highest BCUT2D eigenvalue weighted by Crippen LogP contribution is 1.97. The van der Waals surface area contributed by atoms with Crippen LogP contribution >= 0.6 is 8.35 Å². The highest BCUT2D eigenvalue weighted by Gasteiger charge is 1.79. The molecule has 44 valence electrons. The molecule has 0 saturated carbocycles. The van der Waals surface area contributed by atoms with E-state index in [1.54, 1.807) is 11.9 Å². The summed E-state index contributed by atoms with van der Waals surface area (Å²) in [6.07, 6.45) is 0. The summed E-state index contributed by atoms with van der Waals surface area (Å²) in [7, 11) is 0.694. The molecule has 0 unspecified atom stereocenters. The summed E-state index contributed by atoms with van der Waals surface area (Å²) in [6, 6.07) is 2.97. The number of aromatic nitrogens is 1. The van der Waals surface area contributed by atoms with Gasteiger partial charge in [0.05, 0.1) is 0 Å². The van der Waals surface area contributed by atoms with E-state index in [9.17, 15) is 4.39 Å². The number of hydrogen-bond acceptors (Lipinski definition) is 1. The highest BCUT2D eigenvalue weighted by molar-refractivity contribution is 7.24. The molecule has 1 heterocycles. The van der Waals surface area contributed by atoms with Gasteiger partial charge >= 0.3 is 0 Å². The van der Waals surface area contributed by atoms with E-state index in [0.29, 0.717) is 8.35 Å². The first-order valence-electron chi connectivity index (χ1n) is 1.83. The summed E-state index contributed by atoms with van der Waals surface area (Å²) in [5.74, 6) is 1.38. The molecule has 0 saturated heterocycles. The molecule has 0 atom stereocenters. The molecule has 0 aliphatic carbocycles. The average Bonchev–Trinajstić information content (AvgIpc) is 1.69. The van der Waals surface area contributed by atoms with Gasteiger partial charge in [-0.1, -0.05) is 6.07 Å². The summed E-state index contributed by atoms with van der Waals surface area (Å²) in [6.45, 7) is 0. The monoisotopic (exact) mass is 135 g/mol. The minimum Gasteiger partial charge on any atom is -0.269 e. The van der Waals surface area contributed by atoms with E-state index in [0.717, 1.165) is 0 Å². The lowest BCUT2D eigenvalue weighted by atomic mass is 10.6. The first kappa shape index (κ1) is 7.44. The molecule has 0 radical (unpaired) electrons. The first-order chi connectivity index (χ1) is 3.39. The maximum Gasteiger partial charge on any atom is 0.216 e. The molecule has 1 nitrogen and oxygen atoms in total. The lowest BCUT2D eigenvalue weighted by Crippen LogP contribution is -1.68. The van der Waals surface area contributed by atoms with Crippen LogP contribution in [0.4, 0.5) is 9.09 Å². The number of rotatable bonds is 0. The Morgan fingerprint density at radius 2 is 2.38 bits per heavy atom. The third kappa shape index (κ3) is 1.94. The van der Waals surface area contributed by atoms with Crippen LogP contribution < -0.4 is 0 Å². The Kier molecular flexibility index (Phi) is 3.20. The zero-order valence-corrected chi connectivity index (χ0v) is 4.81. The maximum atomic E-state index is 11.8. The Balaban J connectivity index is 0.000000490.